The molecule has 0 spiro atoms. The van der Waals surface area contributed by atoms with E-state index in [0.29, 0.717) is 18.2 Å². The Kier molecular flexibility index (Phi) is 4.46. The molecule has 19 heavy (non-hydrogen) atoms. The summed E-state index contributed by atoms with van der Waals surface area (Å²) < 4.78 is 0. The molecule has 6 heteroatoms. The van der Waals surface area contributed by atoms with Crippen LogP contribution in [-0.2, 0) is 11.2 Å². The van der Waals surface area contributed by atoms with Crippen LogP contribution in [0.4, 0.5) is 5.69 Å². The Balaban J connectivity index is 1.89. The molecule has 102 valence electrons. The van der Waals surface area contributed by atoms with Crippen LogP contribution >= 0.6 is 0 Å². The molecule has 6 nitrogen and oxygen atoms in total. The number of hydrogen-bond acceptors (Lipinski definition) is 4. The Morgan fingerprint density at radius 3 is 2.95 bits per heavy atom. The summed E-state index contributed by atoms with van der Waals surface area (Å²) in [6.07, 6.45) is 2.24. The molecule has 1 aromatic rings. The van der Waals surface area contributed by atoms with Crippen LogP contribution < -0.4 is 10.6 Å². The quantitative estimate of drug-likeness (QED) is 0.613. The van der Waals surface area contributed by atoms with E-state index in [-0.39, 0.29) is 18.0 Å². The van der Waals surface area contributed by atoms with E-state index in [4.69, 9.17) is 0 Å². The zero-order valence-electron chi connectivity index (χ0n) is 10.6. The third kappa shape index (κ3) is 3.75. The van der Waals surface area contributed by atoms with Gasteiger partial charge in [-0.3, -0.25) is 14.9 Å². The van der Waals surface area contributed by atoms with Gasteiger partial charge in [0.1, 0.15) is 0 Å². The summed E-state index contributed by atoms with van der Waals surface area (Å²) in [6, 6.07) is 6.66. The van der Waals surface area contributed by atoms with Crippen molar-refractivity contribution in [3.05, 3.63) is 39.9 Å². The fraction of sp³-hybridized carbons (Fsp3) is 0.462. The van der Waals surface area contributed by atoms with E-state index < -0.39 is 4.92 Å². The lowest BCUT2D eigenvalue weighted by Gasteiger charge is -2.11. The van der Waals surface area contributed by atoms with Crippen LogP contribution in [0.1, 0.15) is 18.4 Å². The molecular weight excluding hydrogens is 246 g/mol. The van der Waals surface area contributed by atoms with Crippen LogP contribution in [0.25, 0.3) is 0 Å². The van der Waals surface area contributed by atoms with Crippen LogP contribution in [0.15, 0.2) is 24.3 Å². The first-order valence-corrected chi connectivity index (χ1v) is 6.39. The van der Waals surface area contributed by atoms with Gasteiger partial charge in [-0.2, -0.15) is 0 Å². The topological polar surface area (TPSA) is 84.3 Å². The highest BCUT2D eigenvalue weighted by Crippen LogP contribution is 2.17. The predicted octanol–water partition coefficient (Wildman–Crippen LogP) is 1.01. The molecule has 1 fully saturated rings. The number of para-hydroxylation sites is 1. The summed E-state index contributed by atoms with van der Waals surface area (Å²) >= 11 is 0. The van der Waals surface area contributed by atoms with Gasteiger partial charge in [0.15, 0.2) is 0 Å². The van der Waals surface area contributed by atoms with Crippen molar-refractivity contribution < 1.29 is 9.72 Å². The molecule has 0 saturated carbocycles. The molecule has 0 radical (unpaired) electrons. The van der Waals surface area contributed by atoms with Gasteiger partial charge in [-0.25, -0.2) is 0 Å². The van der Waals surface area contributed by atoms with Gasteiger partial charge in [0.05, 0.1) is 11.3 Å². The molecule has 1 heterocycles. The molecule has 1 aromatic carbocycles. The molecular formula is C13H17N3O3. The SMILES string of the molecule is O=C(Cc1ccccc1[N+](=O)[O-])NCC1CCCN1. The van der Waals surface area contributed by atoms with Gasteiger partial charge in [0.2, 0.25) is 5.91 Å². The van der Waals surface area contributed by atoms with Crippen molar-refractivity contribution in [3.63, 3.8) is 0 Å². The second-order valence-electron chi connectivity index (χ2n) is 4.66. The zero-order chi connectivity index (χ0) is 13.7. The predicted molar refractivity (Wildman–Crippen MR) is 70.8 cm³/mol. The van der Waals surface area contributed by atoms with Gasteiger partial charge in [-0.15, -0.1) is 0 Å². The van der Waals surface area contributed by atoms with Crippen LogP contribution in [0.5, 0.6) is 0 Å². The van der Waals surface area contributed by atoms with E-state index in [0.717, 1.165) is 19.4 Å². The van der Waals surface area contributed by atoms with Gasteiger partial charge in [0, 0.05) is 24.2 Å². The summed E-state index contributed by atoms with van der Waals surface area (Å²) in [4.78, 5) is 22.2. The number of carbonyl (C=O) groups is 1. The molecule has 1 amide bonds. The van der Waals surface area contributed by atoms with E-state index in [1.54, 1.807) is 18.2 Å². The van der Waals surface area contributed by atoms with Gasteiger partial charge in [-0.1, -0.05) is 18.2 Å². The molecule has 1 unspecified atom stereocenters. The van der Waals surface area contributed by atoms with Crippen molar-refractivity contribution in [2.24, 2.45) is 0 Å². The van der Waals surface area contributed by atoms with E-state index in [9.17, 15) is 14.9 Å². The highest BCUT2D eigenvalue weighted by Gasteiger charge is 2.17. The second-order valence-corrected chi connectivity index (χ2v) is 4.66. The molecule has 2 rings (SSSR count). The van der Waals surface area contributed by atoms with E-state index in [2.05, 4.69) is 10.6 Å². The first-order valence-electron chi connectivity index (χ1n) is 6.39. The Labute approximate surface area is 111 Å². The summed E-state index contributed by atoms with van der Waals surface area (Å²) in [7, 11) is 0. The van der Waals surface area contributed by atoms with Crippen molar-refractivity contribution in [3.8, 4) is 0 Å². The number of nitro groups is 1. The molecule has 1 aliphatic rings. The number of nitro benzene ring substituents is 1. The van der Waals surface area contributed by atoms with Gasteiger partial charge in [-0.05, 0) is 19.4 Å². The van der Waals surface area contributed by atoms with E-state index >= 15 is 0 Å². The van der Waals surface area contributed by atoms with Crippen molar-refractivity contribution in [2.75, 3.05) is 13.1 Å². The maximum atomic E-state index is 11.8. The van der Waals surface area contributed by atoms with Crippen molar-refractivity contribution >= 4 is 11.6 Å². The normalized spacial score (nSPS) is 18.2. The number of carbonyl (C=O) groups excluding carboxylic acids is 1. The second kappa shape index (κ2) is 6.29. The Hall–Kier alpha value is -1.95. The molecule has 0 aliphatic carbocycles. The standard InChI is InChI=1S/C13H17N3O3/c17-13(15-9-11-5-3-7-14-11)8-10-4-1-2-6-12(10)16(18)19/h1-2,4,6,11,14H,3,5,7-9H2,(H,15,17). The zero-order valence-corrected chi connectivity index (χ0v) is 10.6. The summed E-state index contributed by atoms with van der Waals surface area (Å²) in [5.74, 6) is -0.178. The van der Waals surface area contributed by atoms with Crippen LogP contribution in [-0.4, -0.2) is 30.0 Å². The Morgan fingerprint density at radius 2 is 2.26 bits per heavy atom. The Morgan fingerprint density at radius 1 is 1.47 bits per heavy atom. The van der Waals surface area contributed by atoms with E-state index in [1.807, 2.05) is 0 Å². The molecule has 1 aliphatic heterocycles. The fourth-order valence-corrected chi connectivity index (χ4v) is 2.24. The minimum Gasteiger partial charge on any atom is -0.354 e. The lowest BCUT2D eigenvalue weighted by atomic mass is 10.1. The van der Waals surface area contributed by atoms with Crippen molar-refractivity contribution in [2.45, 2.75) is 25.3 Å². The average Bonchev–Trinajstić information content (AvgIpc) is 2.90. The maximum absolute atomic E-state index is 11.8. The molecule has 0 aromatic heterocycles. The van der Waals surface area contributed by atoms with Crippen molar-refractivity contribution in [1.82, 2.24) is 10.6 Å². The lowest BCUT2D eigenvalue weighted by molar-refractivity contribution is -0.385. The fourth-order valence-electron chi connectivity index (χ4n) is 2.24. The largest absolute Gasteiger partial charge is 0.354 e. The third-order valence-corrected chi connectivity index (χ3v) is 3.25. The Bertz CT molecular complexity index is 470. The minimum atomic E-state index is -0.457. The first kappa shape index (κ1) is 13.5. The summed E-state index contributed by atoms with van der Waals surface area (Å²) in [5.41, 5.74) is 0.445. The number of benzene rings is 1. The van der Waals surface area contributed by atoms with Crippen LogP contribution in [0.2, 0.25) is 0 Å². The van der Waals surface area contributed by atoms with Crippen LogP contribution in [0.3, 0.4) is 0 Å². The van der Waals surface area contributed by atoms with Crippen molar-refractivity contribution in [1.29, 1.82) is 0 Å². The molecule has 0 bridgehead atoms. The van der Waals surface area contributed by atoms with E-state index in [1.165, 1.54) is 6.07 Å². The minimum absolute atomic E-state index is 0.00311. The number of nitrogens with zero attached hydrogens (tertiary/aromatic N) is 1. The van der Waals surface area contributed by atoms with Crippen LogP contribution in [0, 0.1) is 10.1 Å². The maximum Gasteiger partial charge on any atom is 0.273 e. The number of nitrogens with one attached hydrogen (secondary N) is 2. The lowest BCUT2D eigenvalue weighted by Crippen LogP contribution is -2.37. The first-order chi connectivity index (χ1) is 9.16. The summed E-state index contributed by atoms with van der Waals surface area (Å²) in [5, 5.41) is 16.9. The highest BCUT2D eigenvalue weighted by atomic mass is 16.6. The monoisotopic (exact) mass is 263 g/mol. The molecule has 1 atom stereocenters. The van der Waals surface area contributed by atoms with Gasteiger partial charge in [0.25, 0.3) is 5.69 Å². The molecule has 1 saturated heterocycles. The highest BCUT2D eigenvalue weighted by molar-refractivity contribution is 5.79. The van der Waals surface area contributed by atoms with Gasteiger partial charge < -0.3 is 10.6 Å². The van der Waals surface area contributed by atoms with Gasteiger partial charge >= 0.3 is 0 Å². The smallest absolute Gasteiger partial charge is 0.273 e. The number of amides is 1. The average molecular weight is 263 g/mol. The molecule has 2 N–H and O–H groups in total. The number of hydrogen-bond donors (Lipinski definition) is 2. The number of rotatable bonds is 5. The summed E-state index contributed by atoms with van der Waals surface area (Å²) in [6.45, 7) is 1.57. The third-order valence-electron chi connectivity index (χ3n) is 3.25.